The van der Waals surface area contributed by atoms with E-state index in [1.54, 1.807) is 12.4 Å². The molecule has 0 radical (unpaired) electrons. The number of pyridine rings is 1. The van der Waals surface area contributed by atoms with Gasteiger partial charge in [0.25, 0.3) is 0 Å². The maximum atomic E-state index is 11.0. The van der Waals surface area contributed by atoms with E-state index < -0.39 is 5.60 Å². The SMILES string of the molecule is CN1CCc2c([nH]c3c(CC(C)(O)c4cccnc4)cc(Cl)cc23)C1. The molecular formula is C20H22ClN3O. The van der Waals surface area contributed by atoms with Gasteiger partial charge in [0.2, 0.25) is 0 Å². The molecule has 0 saturated carbocycles. The van der Waals surface area contributed by atoms with Crippen LogP contribution >= 0.6 is 11.6 Å². The quantitative estimate of drug-likeness (QED) is 0.754. The van der Waals surface area contributed by atoms with Crippen molar-refractivity contribution in [1.82, 2.24) is 14.9 Å². The third-order valence-electron chi connectivity index (χ3n) is 5.14. The van der Waals surface area contributed by atoms with Gasteiger partial charge in [0, 0.05) is 59.1 Å². The molecule has 0 saturated heterocycles. The summed E-state index contributed by atoms with van der Waals surface area (Å²) in [5.74, 6) is 0. The topological polar surface area (TPSA) is 52.2 Å². The number of nitrogens with zero attached hydrogens (tertiary/aromatic N) is 2. The first-order valence-corrected chi connectivity index (χ1v) is 8.95. The minimum atomic E-state index is -1.01. The molecule has 0 amide bonds. The molecule has 0 bridgehead atoms. The first-order chi connectivity index (χ1) is 11.9. The summed E-state index contributed by atoms with van der Waals surface area (Å²) in [6.45, 7) is 3.79. The number of halogens is 1. The van der Waals surface area contributed by atoms with Gasteiger partial charge in [-0.1, -0.05) is 17.7 Å². The van der Waals surface area contributed by atoms with Crippen LogP contribution in [0.2, 0.25) is 5.02 Å². The van der Waals surface area contributed by atoms with Crippen molar-refractivity contribution in [3.8, 4) is 0 Å². The van der Waals surface area contributed by atoms with E-state index in [0.29, 0.717) is 11.4 Å². The van der Waals surface area contributed by atoms with Crippen LogP contribution in [0.15, 0.2) is 36.7 Å². The van der Waals surface area contributed by atoms with Crippen molar-refractivity contribution in [2.24, 2.45) is 0 Å². The first-order valence-electron chi connectivity index (χ1n) is 8.57. The molecule has 2 N–H and O–H groups in total. The van der Waals surface area contributed by atoms with E-state index in [1.807, 2.05) is 31.2 Å². The zero-order valence-electron chi connectivity index (χ0n) is 14.5. The van der Waals surface area contributed by atoms with Crippen LogP contribution in [0.1, 0.15) is 29.3 Å². The van der Waals surface area contributed by atoms with Crippen LogP contribution in [0.25, 0.3) is 10.9 Å². The number of H-pyrrole nitrogens is 1. The monoisotopic (exact) mass is 355 g/mol. The molecule has 4 nitrogen and oxygen atoms in total. The summed E-state index contributed by atoms with van der Waals surface area (Å²) in [6.07, 6.45) is 4.93. The van der Waals surface area contributed by atoms with E-state index in [4.69, 9.17) is 11.6 Å². The van der Waals surface area contributed by atoms with E-state index >= 15 is 0 Å². The Hall–Kier alpha value is -1.88. The van der Waals surface area contributed by atoms with Crippen LogP contribution in [-0.4, -0.2) is 33.6 Å². The summed E-state index contributed by atoms with van der Waals surface area (Å²) in [7, 11) is 2.13. The summed E-state index contributed by atoms with van der Waals surface area (Å²) in [6, 6.07) is 7.75. The Morgan fingerprint density at radius 3 is 3.00 bits per heavy atom. The van der Waals surface area contributed by atoms with E-state index in [0.717, 1.165) is 36.2 Å². The summed E-state index contributed by atoms with van der Waals surface area (Å²) < 4.78 is 0. The van der Waals surface area contributed by atoms with Crippen molar-refractivity contribution < 1.29 is 5.11 Å². The predicted molar refractivity (Wildman–Crippen MR) is 101 cm³/mol. The number of nitrogens with one attached hydrogen (secondary N) is 1. The molecule has 1 aliphatic heterocycles. The second kappa shape index (κ2) is 6.13. The lowest BCUT2D eigenvalue weighted by Gasteiger charge is -2.24. The summed E-state index contributed by atoms with van der Waals surface area (Å²) >= 11 is 6.41. The van der Waals surface area contributed by atoms with Crippen molar-refractivity contribution in [3.63, 3.8) is 0 Å². The molecule has 3 aromatic rings. The number of hydrogen-bond acceptors (Lipinski definition) is 3. The Bertz CT molecular complexity index is 918. The molecular weight excluding hydrogens is 334 g/mol. The van der Waals surface area contributed by atoms with Gasteiger partial charge in [0.05, 0.1) is 5.60 Å². The third-order valence-corrected chi connectivity index (χ3v) is 5.36. The van der Waals surface area contributed by atoms with Gasteiger partial charge in [0.1, 0.15) is 0 Å². The number of benzene rings is 1. The number of aromatic amines is 1. The van der Waals surface area contributed by atoms with Gasteiger partial charge in [-0.3, -0.25) is 4.98 Å². The van der Waals surface area contributed by atoms with Gasteiger partial charge in [-0.2, -0.15) is 0 Å². The van der Waals surface area contributed by atoms with Crippen LogP contribution in [0.3, 0.4) is 0 Å². The van der Waals surface area contributed by atoms with Crippen LogP contribution < -0.4 is 0 Å². The fourth-order valence-electron chi connectivity index (χ4n) is 3.80. The van der Waals surface area contributed by atoms with E-state index in [1.165, 1.54) is 16.6 Å². The molecule has 25 heavy (non-hydrogen) atoms. The Balaban J connectivity index is 1.80. The predicted octanol–water partition coefficient (Wildman–Crippen LogP) is 3.65. The molecule has 130 valence electrons. The van der Waals surface area contributed by atoms with Crippen LogP contribution in [0.4, 0.5) is 0 Å². The average molecular weight is 356 g/mol. The highest BCUT2D eigenvalue weighted by molar-refractivity contribution is 6.31. The van der Waals surface area contributed by atoms with Gasteiger partial charge < -0.3 is 15.0 Å². The maximum Gasteiger partial charge on any atom is 0.0924 e. The second-order valence-corrected chi connectivity index (χ2v) is 7.69. The molecule has 1 unspecified atom stereocenters. The average Bonchev–Trinajstić information content (AvgIpc) is 2.93. The van der Waals surface area contributed by atoms with Crippen molar-refractivity contribution in [1.29, 1.82) is 0 Å². The van der Waals surface area contributed by atoms with Crippen molar-refractivity contribution >= 4 is 22.5 Å². The highest BCUT2D eigenvalue weighted by Crippen LogP contribution is 2.35. The standard InChI is InChI=1S/C20H22ClN3O/c1-20(25,14-4-3-6-22-11-14)10-13-8-15(21)9-17-16-5-7-24(2)12-18(16)23-19(13)17/h3-4,6,8-9,11,23,25H,5,7,10,12H2,1-2H3. The fraction of sp³-hybridized carbons (Fsp3) is 0.350. The normalized spacial score (nSPS) is 17.4. The summed E-state index contributed by atoms with van der Waals surface area (Å²) in [5, 5.41) is 12.9. The summed E-state index contributed by atoms with van der Waals surface area (Å²) in [4.78, 5) is 10.0. The van der Waals surface area contributed by atoms with Crippen molar-refractivity contribution in [2.75, 3.05) is 13.6 Å². The number of fused-ring (bicyclic) bond motifs is 3. The van der Waals surface area contributed by atoms with E-state index in [9.17, 15) is 5.11 Å². The molecule has 5 heteroatoms. The number of likely N-dealkylation sites (N-methyl/N-ethyl adjacent to an activating group) is 1. The van der Waals surface area contributed by atoms with Crippen molar-refractivity contribution in [3.05, 3.63) is 64.1 Å². The van der Waals surface area contributed by atoms with Gasteiger partial charge in [-0.25, -0.2) is 0 Å². The van der Waals surface area contributed by atoms with Gasteiger partial charge in [-0.05, 0) is 49.7 Å². The molecule has 1 aliphatic rings. The number of aromatic nitrogens is 2. The lowest BCUT2D eigenvalue weighted by Crippen LogP contribution is -2.26. The lowest BCUT2D eigenvalue weighted by molar-refractivity contribution is 0.0576. The Kier molecular flexibility index (Phi) is 4.07. The largest absolute Gasteiger partial charge is 0.385 e. The Morgan fingerprint density at radius 2 is 2.24 bits per heavy atom. The van der Waals surface area contributed by atoms with Crippen LogP contribution in [0.5, 0.6) is 0 Å². The van der Waals surface area contributed by atoms with Gasteiger partial charge >= 0.3 is 0 Å². The lowest BCUT2D eigenvalue weighted by atomic mass is 9.89. The number of aliphatic hydroxyl groups is 1. The molecule has 0 aliphatic carbocycles. The molecule has 1 atom stereocenters. The highest BCUT2D eigenvalue weighted by Gasteiger charge is 2.27. The number of rotatable bonds is 3. The van der Waals surface area contributed by atoms with Crippen LogP contribution in [-0.2, 0) is 25.0 Å². The Labute approximate surface area is 152 Å². The Morgan fingerprint density at radius 1 is 1.40 bits per heavy atom. The molecule has 0 fully saturated rings. The highest BCUT2D eigenvalue weighted by atomic mass is 35.5. The summed E-state index contributed by atoms with van der Waals surface area (Å²) in [5.41, 5.74) is 4.54. The third kappa shape index (κ3) is 3.06. The molecule has 0 spiro atoms. The van der Waals surface area contributed by atoms with E-state index in [2.05, 4.69) is 21.9 Å². The molecule has 3 heterocycles. The molecule has 4 rings (SSSR count). The van der Waals surface area contributed by atoms with Gasteiger partial charge in [0.15, 0.2) is 0 Å². The molecule has 1 aromatic carbocycles. The van der Waals surface area contributed by atoms with Gasteiger partial charge in [-0.15, -0.1) is 0 Å². The smallest absolute Gasteiger partial charge is 0.0924 e. The van der Waals surface area contributed by atoms with Crippen LogP contribution in [0, 0.1) is 0 Å². The fourth-order valence-corrected chi connectivity index (χ4v) is 4.04. The molecule has 2 aromatic heterocycles. The van der Waals surface area contributed by atoms with E-state index in [-0.39, 0.29) is 0 Å². The van der Waals surface area contributed by atoms with Crippen molar-refractivity contribution in [2.45, 2.75) is 31.9 Å². The zero-order valence-corrected chi connectivity index (χ0v) is 15.3. The zero-order chi connectivity index (χ0) is 17.6. The second-order valence-electron chi connectivity index (χ2n) is 7.25. The minimum Gasteiger partial charge on any atom is -0.385 e. The minimum absolute atomic E-state index is 0.477. The first kappa shape index (κ1) is 16.6. The maximum absolute atomic E-state index is 11.0. The number of hydrogen-bond donors (Lipinski definition) is 2.